The standard InChI is InChI=1S/C32H51NO3/c1-22(15-19-33(5)30(36)31(3)16-7-6-8-17-31)27-13-14-28-24(10-9-18-32(27,28)4)11-12-25-20-26(34)21-29(35)23(25)2/h11-12,22,26-29,34-35H,2,6-10,13-21H2,1,3-5H3/b24-11+,25-12-/t22-,26-,27?,28?,29+,32-/m1/s1. The smallest absolute Gasteiger partial charge is 0.228 e. The molecule has 0 radical (unpaired) electrons. The topological polar surface area (TPSA) is 60.8 Å². The van der Waals surface area contributed by atoms with Gasteiger partial charge in [0.1, 0.15) is 0 Å². The van der Waals surface area contributed by atoms with Crippen LogP contribution in [0, 0.1) is 28.6 Å². The zero-order valence-corrected chi connectivity index (χ0v) is 23.4. The van der Waals surface area contributed by atoms with Crippen molar-refractivity contribution in [3.05, 3.63) is 35.5 Å². The zero-order chi connectivity index (χ0) is 26.1. The average Bonchev–Trinajstić information content (AvgIpc) is 3.21. The van der Waals surface area contributed by atoms with E-state index in [0.29, 0.717) is 41.9 Å². The first-order valence-electron chi connectivity index (χ1n) is 14.8. The number of hydrogen-bond acceptors (Lipinski definition) is 3. The zero-order valence-electron chi connectivity index (χ0n) is 23.4. The fourth-order valence-electron chi connectivity index (χ4n) is 8.39. The summed E-state index contributed by atoms with van der Waals surface area (Å²) in [6.45, 7) is 12.1. The van der Waals surface area contributed by atoms with Gasteiger partial charge in [-0.05, 0) is 92.1 Å². The van der Waals surface area contributed by atoms with E-state index in [9.17, 15) is 15.0 Å². The van der Waals surface area contributed by atoms with E-state index in [1.54, 1.807) is 5.57 Å². The lowest BCUT2D eigenvalue weighted by Gasteiger charge is -2.44. The average molecular weight is 498 g/mol. The van der Waals surface area contributed by atoms with E-state index in [1.165, 1.54) is 44.9 Å². The summed E-state index contributed by atoms with van der Waals surface area (Å²) in [5, 5.41) is 20.3. The van der Waals surface area contributed by atoms with E-state index < -0.39 is 12.2 Å². The Kier molecular flexibility index (Phi) is 8.56. The SMILES string of the molecule is C=C1/C(=C\C=C2/CCC[C@@]3(C)C2CCC3[C@H](C)CCN(C)C(=O)C2(C)CCCCC2)C[C@@H](O)C[C@@H]1O. The number of carbonyl (C=O) groups excluding carboxylic acids is 1. The van der Waals surface area contributed by atoms with Gasteiger partial charge in [0, 0.05) is 25.4 Å². The fourth-order valence-corrected chi connectivity index (χ4v) is 8.39. The third kappa shape index (κ3) is 5.55. The van der Waals surface area contributed by atoms with Crippen LogP contribution in [-0.2, 0) is 4.79 Å². The number of aliphatic hydroxyl groups is 2. The first kappa shape index (κ1) is 27.6. The maximum atomic E-state index is 13.2. The van der Waals surface area contributed by atoms with E-state index in [4.69, 9.17) is 0 Å². The van der Waals surface area contributed by atoms with Gasteiger partial charge in [0.25, 0.3) is 0 Å². The summed E-state index contributed by atoms with van der Waals surface area (Å²) in [6.07, 6.45) is 17.4. The Morgan fingerprint density at radius 1 is 1.11 bits per heavy atom. The lowest BCUT2D eigenvalue weighted by Crippen LogP contribution is -2.42. The van der Waals surface area contributed by atoms with E-state index in [1.807, 2.05) is 11.9 Å². The van der Waals surface area contributed by atoms with Gasteiger partial charge in [-0.2, -0.15) is 0 Å². The van der Waals surface area contributed by atoms with Crippen molar-refractivity contribution in [2.75, 3.05) is 13.6 Å². The van der Waals surface area contributed by atoms with Gasteiger partial charge in [0.15, 0.2) is 0 Å². The summed E-state index contributed by atoms with van der Waals surface area (Å²) >= 11 is 0. The molecule has 6 atom stereocenters. The molecule has 0 aromatic heterocycles. The third-order valence-electron chi connectivity index (χ3n) is 10.7. The van der Waals surface area contributed by atoms with Gasteiger partial charge in [0.05, 0.1) is 12.2 Å². The highest BCUT2D eigenvalue weighted by molar-refractivity contribution is 5.82. The summed E-state index contributed by atoms with van der Waals surface area (Å²) in [5.74, 6) is 2.28. The molecule has 202 valence electrons. The lowest BCUT2D eigenvalue weighted by molar-refractivity contribution is -0.141. The number of allylic oxidation sites excluding steroid dienone is 3. The number of carbonyl (C=O) groups is 1. The molecule has 36 heavy (non-hydrogen) atoms. The Bertz CT molecular complexity index is 882. The van der Waals surface area contributed by atoms with Crippen molar-refractivity contribution >= 4 is 5.91 Å². The first-order chi connectivity index (χ1) is 17.0. The second-order valence-corrected chi connectivity index (χ2v) is 13.3. The second-order valence-electron chi connectivity index (χ2n) is 13.3. The molecular formula is C32H51NO3. The number of fused-ring (bicyclic) bond motifs is 1. The normalized spacial score (nSPS) is 37.7. The van der Waals surface area contributed by atoms with Gasteiger partial charge in [-0.15, -0.1) is 0 Å². The Labute approximate surface area is 219 Å². The second kappa shape index (κ2) is 11.2. The molecule has 4 heteroatoms. The summed E-state index contributed by atoms with van der Waals surface area (Å²) in [7, 11) is 2.02. The minimum atomic E-state index is -0.627. The maximum absolute atomic E-state index is 13.2. The van der Waals surface area contributed by atoms with Crippen molar-refractivity contribution in [1.29, 1.82) is 0 Å². The molecule has 0 aromatic rings. The lowest BCUT2D eigenvalue weighted by atomic mass is 9.61. The number of rotatable bonds is 6. The molecule has 0 heterocycles. The highest BCUT2D eigenvalue weighted by Gasteiger charge is 2.50. The van der Waals surface area contributed by atoms with Crippen molar-refractivity contribution in [1.82, 2.24) is 4.90 Å². The van der Waals surface area contributed by atoms with Crippen LogP contribution in [0.2, 0.25) is 0 Å². The molecule has 0 bridgehead atoms. The Morgan fingerprint density at radius 2 is 1.83 bits per heavy atom. The fraction of sp³-hybridized carbons (Fsp3) is 0.781. The molecule has 1 amide bonds. The summed E-state index contributed by atoms with van der Waals surface area (Å²) < 4.78 is 0. The highest BCUT2D eigenvalue weighted by Crippen LogP contribution is 2.59. The van der Waals surface area contributed by atoms with Crippen LogP contribution < -0.4 is 0 Å². The van der Waals surface area contributed by atoms with Crippen LogP contribution in [0.1, 0.15) is 104 Å². The minimum Gasteiger partial charge on any atom is -0.393 e. The number of amides is 1. The molecule has 2 unspecified atom stereocenters. The highest BCUT2D eigenvalue weighted by atomic mass is 16.3. The summed E-state index contributed by atoms with van der Waals surface area (Å²) in [6, 6.07) is 0. The van der Waals surface area contributed by atoms with Crippen molar-refractivity contribution in [2.45, 2.75) is 116 Å². The van der Waals surface area contributed by atoms with Crippen LogP contribution in [0.25, 0.3) is 0 Å². The Morgan fingerprint density at radius 3 is 2.56 bits per heavy atom. The Hall–Kier alpha value is -1.39. The van der Waals surface area contributed by atoms with E-state index in [-0.39, 0.29) is 5.41 Å². The van der Waals surface area contributed by atoms with Gasteiger partial charge < -0.3 is 15.1 Å². The van der Waals surface area contributed by atoms with E-state index in [2.05, 4.69) is 39.5 Å². The van der Waals surface area contributed by atoms with Crippen molar-refractivity contribution in [3.8, 4) is 0 Å². The maximum Gasteiger partial charge on any atom is 0.228 e. The number of aliphatic hydroxyl groups excluding tert-OH is 2. The van der Waals surface area contributed by atoms with Gasteiger partial charge in [-0.25, -0.2) is 0 Å². The molecule has 0 spiro atoms. The van der Waals surface area contributed by atoms with E-state index in [0.717, 1.165) is 43.4 Å². The Balaban J connectivity index is 1.39. The summed E-state index contributed by atoms with van der Waals surface area (Å²) in [4.78, 5) is 15.3. The van der Waals surface area contributed by atoms with Gasteiger partial charge in [0.2, 0.25) is 5.91 Å². The van der Waals surface area contributed by atoms with Crippen LogP contribution in [-0.4, -0.2) is 46.8 Å². The van der Waals surface area contributed by atoms with Crippen LogP contribution in [0.3, 0.4) is 0 Å². The van der Waals surface area contributed by atoms with Crippen molar-refractivity contribution < 1.29 is 15.0 Å². The number of hydrogen-bond donors (Lipinski definition) is 2. The molecule has 0 aromatic carbocycles. The quantitative estimate of drug-likeness (QED) is 0.436. The predicted octanol–water partition coefficient (Wildman–Crippen LogP) is 6.58. The van der Waals surface area contributed by atoms with Crippen molar-refractivity contribution in [2.24, 2.45) is 28.6 Å². The molecule has 2 N–H and O–H groups in total. The molecule has 0 saturated heterocycles. The third-order valence-corrected chi connectivity index (χ3v) is 10.7. The molecular weight excluding hydrogens is 446 g/mol. The molecule has 4 rings (SSSR count). The van der Waals surface area contributed by atoms with Crippen molar-refractivity contribution in [3.63, 3.8) is 0 Å². The van der Waals surface area contributed by atoms with Crippen LogP contribution in [0.4, 0.5) is 0 Å². The van der Waals surface area contributed by atoms with Crippen LogP contribution >= 0.6 is 0 Å². The minimum absolute atomic E-state index is 0.145. The molecule has 4 nitrogen and oxygen atoms in total. The van der Waals surface area contributed by atoms with Crippen LogP contribution in [0.5, 0.6) is 0 Å². The van der Waals surface area contributed by atoms with Crippen LogP contribution in [0.15, 0.2) is 35.5 Å². The monoisotopic (exact) mass is 497 g/mol. The van der Waals surface area contributed by atoms with Gasteiger partial charge in [-0.1, -0.05) is 64.3 Å². The van der Waals surface area contributed by atoms with E-state index >= 15 is 0 Å². The predicted molar refractivity (Wildman–Crippen MR) is 147 cm³/mol. The largest absolute Gasteiger partial charge is 0.393 e. The molecule has 4 saturated carbocycles. The molecule has 4 aliphatic carbocycles. The van der Waals surface area contributed by atoms with Gasteiger partial charge >= 0.3 is 0 Å². The first-order valence-corrected chi connectivity index (χ1v) is 14.8. The van der Waals surface area contributed by atoms with Gasteiger partial charge in [-0.3, -0.25) is 4.79 Å². The number of nitrogens with zero attached hydrogens (tertiary/aromatic N) is 1. The molecule has 0 aliphatic heterocycles. The molecule has 4 aliphatic rings. The molecule has 4 fully saturated rings. The summed E-state index contributed by atoms with van der Waals surface area (Å²) in [5.41, 5.74) is 3.50.